The Morgan fingerprint density at radius 3 is 3.18 bits per heavy atom. The zero-order valence-electron chi connectivity index (χ0n) is 10.5. The minimum atomic E-state index is 0.0886. The summed E-state index contributed by atoms with van der Waals surface area (Å²) in [4.78, 5) is 12.1. The first-order chi connectivity index (χ1) is 8.27. The highest BCUT2D eigenvalue weighted by Gasteiger charge is 2.19. The molecule has 0 amide bonds. The molecular weight excluding hydrogens is 214 g/mol. The van der Waals surface area contributed by atoms with Crippen LogP contribution in [0, 0.1) is 0 Å². The lowest BCUT2D eigenvalue weighted by molar-refractivity contribution is -0.121. The fourth-order valence-electron chi connectivity index (χ4n) is 2.38. The van der Waals surface area contributed by atoms with Crippen LogP contribution < -0.4 is 5.32 Å². The van der Waals surface area contributed by atoms with Gasteiger partial charge in [0.15, 0.2) is 0 Å². The van der Waals surface area contributed by atoms with E-state index in [1.54, 1.807) is 6.20 Å². The first kappa shape index (κ1) is 12.3. The normalized spacial score (nSPS) is 21.1. The highest BCUT2D eigenvalue weighted by atomic mass is 16.1. The van der Waals surface area contributed by atoms with Gasteiger partial charge in [0.2, 0.25) is 0 Å². The predicted molar refractivity (Wildman–Crippen MR) is 66.8 cm³/mol. The molecular formula is C13H21N3O. The Labute approximate surface area is 102 Å². The number of ketones is 1. The van der Waals surface area contributed by atoms with Gasteiger partial charge < -0.3 is 5.32 Å². The molecule has 2 rings (SSSR count). The maximum Gasteiger partial charge on any atom is 0.150 e. The third kappa shape index (κ3) is 3.40. The molecule has 0 saturated carbocycles. The largest absolute Gasteiger partial charge is 0.307 e. The van der Waals surface area contributed by atoms with E-state index in [1.165, 1.54) is 19.3 Å². The number of Topliss-reactive ketones (excluding diaryl/α,β-unsaturated/α-hetero) is 1. The zero-order valence-corrected chi connectivity index (χ0v) is 10.5. The molecule has 1 unspecified atom stereocenters. The van der Waals surface area contributed by atoms with Crippen LogP contribution in [0.15, 0.2) is 12.3 Å². The van der Waals surface area contributed by atoms with Crippen LogP contribution in [0.1, 0.15) is 37.8 Å². The van der Waals surface area contributed by atoms with Gasteiger partial charge in [0.25, 0.3) is 0 Å². The summed E-state index contributed by atoms with van der Waals surface area (Å²) in [5, 5.41) is 7.47. The lowest BCUT2D eigenvalue weighted by Gasteiger charge is -2.14. The maximum atomic E-state index is 12.1. The smallest absolute Gasteiger partial charge is 0.150 e. The molecule has 1 aromatic rings. The van der Waals surface area contributed by atoms with Gasteiger partial charge in [-0.05, 0) is 31.9 Å². The van der Waals surface area contributed by atoms with Crippen LogP contribution in [0.5, 0.6) is 0 Å². The highest BCUT2D eigenvalue weighted by Crippen LogP contribution is 2.11. The molecule has 1 aliphatic rings. The Bertz CT molecular complexity index is 364. The Morgan fingerprint density at radius 1 is 1.53 bits per heavy atom. The average Bonchev–Trinajstić information content (AvgIpc) is 2.58. The molecule has 0 aromatic carbocycles. The van der Waals surface area contributed by atoms with Gasteiger partial charge in [0.1, 0.15) is 5.78 Å². The molecule has 17 heavy (non-hydrogen) atoms. The first-order valence-corrected chi connectivity index (χ1v) is 6.50. The van der Waals surface area contributed by atoms with Crippen molar-refractivity contribution in [3.63, 3.8) is 0 Å². The van der Waals surface area contributed by atoms with E-state index in [1.807, 2.05) is 17.8 Å². The minimum absolute atomic E-state index is 0.0886. The Balaban J connectivity index is 1.82. The second-order valence-electron chi connectivity index (χ2n) is 4.77. The molecule has 2 heterocycles. The Hall–Kier alpha value is -1.16. The number of nitrogens with zero attached hydrogens (tertiary/aromatic N) is 2. The zero-order chi connectivity index (χ0) is 12.1. The summed E-state index contributed by atoms with van der Waals surface area (Å²) in [6.07, 6.45) is 7.83. The van der Waals surface area contributed by atoms with E-state index in [9.17, 15) is 4.79 Å². The van der Waals surface area contributed by atoms with Crippen molar-refractivity contribution in [2.24, 2.45) is 7.05 Å². The van der Waals surface area contributed by atoms with Gasteiger partial charge in [-0.1, -0.05) is 12.8 Å². The standard InChI is InChI=1S/C13H21N3O/c1-16-11(8-10-15-16)6-7-13(17)12-5-3-2-4-9-14-12/h8,10,12,14H,2-7,9H2,1H3. The highest BCUT2D eigenvalue weighted by molar-refractivity contribution is 5.84. The van der Waals surface area contributed by atoms with Crippen molar-refractivity contribution in [1.82, 2.24) is 15.1 Å². The third-order valence-corrected chi connectivity index (χ3v) is 3.50. The molecule has 1 fully saturated rings. The Morgan fingerprint density at radius 2 is 2.41 bits per heavy atom. The topological polar surface area (TPSA) is 46.9 Å². The molecule has 4 nitrogen and oxygen atoms in total. The quantitative estimate of drug-likeness (QED) is 0.859. The molecule has 0 aliphatic carbocycles. The summed E-state index contributed by atoms with van der Waals surface area (Å²) in [6, 6.07) is 2.07. The van der Waals surface area contributed by atoms with Crippen LogP contribution in [-0.4, -0.2) is 28.2 Å². The van der Waals surface area contributed by atoms with Crippen LogP contribution in [0.4, 0.5) is 0 Å². The van der Waals surface area contributed by atoms with Gasteiger partial charge in [-0.25, -0.2) is 0 Å². The number of nitrogens with one attached hydrogen (secondary N) is 1. The van der Waals surface area contributed by atoms with Gasteiger partial charge in [-0.15, -0.1) is 0 Å². The van der Waals surface area contributed by atoms with Gasteiger partial charge in [0, 0.05) is 25.4 Å². The van der Waals surface area contributed by atoms with E-state index < -0.39 is 0 Å². The molecule has 1 aromatic heterocycles. The summed E-state index contributed by atoms with van der Waals surface area (Å²) < 4.78 is 1.84. The molecule has 1 saturated heterocycles. The molecule has 0 bridgehead atoms. The van der Waals surface area contributed by atoms with Gasteiger partial charge in [-0.3, -0.25) is 9.48 Å². The maximum absolute atomic E-state index is 12.1. The molecule has 1 aliphatic heterocycles. The summed E-state index contributed by atoms with van der Waals surface area (Å²) in [6.45, 7) is 0.988. The van der Waals surface area contributed by atoms with Crippen molar-refractivity contribution in [2.75, 3.05) is 6.54 Å². The van der Waals surface area contributed by atoms with E-state index in [0.29, 0.717) is 12.2 Å². The molecule has 0 radical (unpaired) electrons. The number of hydrogen-bond acceptors (Lipinski definition) is 3. The number of carbonyl (C=O) groups excluding carboxylic acids is 1. The minimum Gasteiger partial charge on any atom is -0.307 e. The second kappa shape index (κ2) is 5.96. The predicted octanol–water partition coefficient (Wildman–Crippen LogP) is 1.45. The molecule has 1 atom stereocenters. The van der Waals surface area contributed by atoms with Crippen LogP contribution in [-0.2, 0) is 18.3 Å². The fourth-order valence-corrected chi connectivity index (χ4v) is 2.38. The van der Waals surface area contributed by atoms with Crippen LogP contribution in [0.2, 0.25) is 0 Å². The number of hydrogen-bond donors (Lipinski definition) is 1. The fraction of sp³-hybridized carbons (Fsp3) is 0.692. The summed E-state index contributed by atoms with van der Waals surface area (Å²) >= 11 is 0. The van der Waals surface area contributed by atoms with E-state index in [4.69, 9.17) is 0 Å². The summed E-state index contributed by atoms with van der Waals surface area (Å²) in [5.74, 6) is 0.355. The van der Waals surface area contributed by atoms with E-state index in [0.717, 1.165) is 25.1 Å². The van der Waals surface area contributed by atoms with Crippen molar-refractivity contribution >= 4 is 5.78 Å². The second-order valence-corrected chi connectivity index (χ2v) is 4.77. The number of carbonyl (C=O) groups is 1. The van der Waals surface area contributed by atoms with Crippen LogP contribution in [0.3, 0.4) is 0 Å². The van der Waals surface area contributed by atoms with Crippen molar-refractivity contribution < 1.29 is 4.79 Å². The summed E-state index contributed by atoms with van der Waals surface area (Å²) in [7, 11) is 1.92. The molecule has 4 heteroatoms. The molecule has 94 valence electrons. The van der Waals surface area contributed by atoms with E-state index >= 15 is 0 Å². The van der Waals surface area contributed by atoms with E-state index in [2.05, 4.69) is 10.4 Å². The molecule has 1 N–H and O–H groups in total. The SMILES string of the molecule is Cn1nccc1CCC(=O)C1CCCCCN1. The third-order valence-electron chi connectivity index (χ3n) is 3.50. The number of aryl methyl sites for hydroxylation is 2. The van der Waals surface area contributed by atoms with Gasteiger partial charge in [0.05, 0.1) is 6.04 Å². The summed E-state index contributed by atoms with van der Waals surface area (Å²) in [5.41, 5.74) is 1.13. The molecule has 0 spiro atoms. The first-order valence-electron chi connectivity index (χ1n) is 6.50. The van der Waals surface area contributed by atoms with Crippen LogP contribution >= 0.6 is 0 Å². The van der Waals surface area contributed by atoms with Crippen molar-refractivity contribution in [3.8, 4) is 0 Å². The lowest BCUT2D eigenvalue weighted by atomic mass is 10.0. The number of aromatic nitrogens is 2. The van der Waals surface area contributed by atoms with Crippen molar-refractivity contribution in [1.29, 1.82) is 0 Å². The number of rotatable bonds is 4. The van der Waals surface area contributed by atoms with Gasteiger partial charge >= 0.3 is 0 Å². The van der Waals surface area contributed by atoms with Gasteiger partial charge in [-0.2, -0.15) is 5.10 Å². The Kier molecular flexibility index (Phi) is 4.31. The monoisotopic (exact) mass is 235 g/mol. The average molecular weight is 235 g/mol. The lowest BCUT2D eigenvalue weighted by Crippen LogP contribution is -2.36. The van der Waals surface area contributed by atoms with Crippen LogP contribution in [0.25, 0.3) is 0 Å². The van der Waals surface area contributed by atoms with E-state index in [-0.39, 0.29) is 6.04 Å². The van der Waals surface area contributed by atoms with Crippen molar-refractivity contribution in [3.05, 3.63) is 18.0 Å². The van der Waals surface area contributed by atoms with Crippen molar-refractivity contribution in [2.45, 2.75) is 44.6 Å².